The number of carbonyl (C=O) groups excluding carboxylic acids is 1. The van der Waals surface area contributed by atoms with Gasteiger partial charge in [-0.25, -0.2) is 12.8 Å². The summed E-state index contributed by atoms with van der Waals surface area (Å²) in [6.45, 7) is 2.13. The number of hydrogen-bond donors (Lipinski definition) is 2. The van der Waals surface area contributed by atoms with Crippen molar-refractivity contribution in [2.45, 2.75) is 55.9 Å². The number of piperidine rings is 1. The standard InChI is InChI=1S/C20H29FN2O3S/c1-27(25,26)16-7-8-18(17(21)13-16)23-19-4-2-3-15(20(19)24)6-5-14-9-11-22-12-10-14/h7-8,13-15,19,22-23H,2-6,9-12H2,1H3. The molecule has 7 heteroatoms. The van der Waals surface area contributed by atoms with Crippen molar-refractivity contribution in [1.82, 2.24) is 5.32 Å². The molecule has 0 aromatic heterocycles. The molecule has 2 atom stereocenters. The number of benzene rings is 1. The maximum absolute atomic E-state index is 14.3. The maximum Gasteiger partial charge on any atom is 0.175 e. The largest absolute Gasteiger partial charge is 0.373 e. The van der Waals surface area contributed by atoms with Crippen LogP contribution in [-0.4, -0.2) is 39.6 Å². The number of carbonyl (C=O) groups is 1. The van der Waals surface area contributed by atoms with E-state index in [9.17, 15) is 17.6 Å². The van der Waals surface area contributed by atoms with Gasteiger partial charge in [0, 0.05) is 12.2 Å². The van der Waals surface area contributed by atoms with Crippen LogP contribution in [-0.2, 0) is 14.6 Å². The summed E-state index contributed by atoms with van der Waals surface area (Å²) in [6, 6.07) is 3.41. The van der Waals surface area contributed by atoms with Crippen LogP contribution in [0.3, 0.4) is 0 Å². The fourth-order valence-corrected chi connectivity index (χ4v) is 4.84. The molecule has 3 rings (SSSR count). The SMILES string of the molecule is CS(=O)(=O)c1ccc(NC2CCCC(CCC3CCNCC3)C2=O)c(F)c1. The zero-order chi connectivity index (χ0) is 19.4. The lowest BCUT2D eigenvalue weighted by Gasteiger charge is -2.31. The van der Waals surface area contributed by atoms with Crippen LogP contribution >= 0.6 is 0 Å². The van der Waals surface area contributed by atoms with Crippen LogP contribution in [0.15, 0.2) is 23.1 Å². The van der Waals surface area contributed by atoms with Crippen LogP contribution in [0, 0.1) is 17.7 Å². The van der Waals surface area contributed by atoms with Crippen molar-refractivity contribution < 1.29 is 17.6 Å². The van der Waals surface area contributed by atoms with Crippen LogP contribution in [0.4, 0.5) is 10.1 Å². The van der Waals surface area contributed by atoms with E-state index in [0.29, 0.717) is 12.3 Å². The van der Waals surface area contributed by atoms with Crippen LogP contribution in [0.5, 0.6) is 0 Å². The fraction of sp³-hybridized carbons (Fsp3) is 0.650. The van der Waals surface area contributed by atoms with Gasteiger partial charge in [0.05, 0.1) is 16.6 Å². The highest BCUT2D eigenvalue weighted by atomic mass is 32.2. The van der Waals surface area contributed by atoms with Crippen LogP contribution in [0.25, 0.3) is 0 Å². The van der Waals surface area contributed by atoms with Crippen molar-refractivity contribution in [1.29, 1.82) is 0 Å². The molecule has 27 heavy (non-hydrogen) atoms. The van der Waals surface area contributed by atoms with E-state index in [-0.39, 0.29) is 22.3 Å². The molecule has 1 heterocycles. The highest BCUT2D eigenvalue weighted by Gasteiger charge is 2.32. The number of sulfone groups is 1. The number of nitrogens with one attached hydrogen (secondary N) is 2. The number of ketones is 1. The van der Waals surface area contributed by atoms with Crippen molar-refractivity contribution >= 4 is 21.3 Å². The van der Waals surface area contributed by atoms with Gasteiger partial charge >= 0.3 is 0 Å². The normalized spacial score (nSPS) is 24.7. The fourth-order valence-electron chi connectivity index (χ4n) is 4.21. The summed E-state index contributed by atoms with van der Waals surface area (Å²) in [5.74, 6) is 0.280. The first-order valence-electron chi connectivity index (χ1n) is 9.85. The Hall–Kier alpha value is -1.47. The molecule has 1 saturated carbocycles. The van der Waals surface area contributed by atoms with Gasteiger partial charge in [-0.1, -0.05) is 6.42 Å². The van der Waals surface area contributed by atoms with Crippen molar-refractivity contribution in [2.75, 3.05) is 24.7 Å². The molecule has 1 aliphatic carbocycles. The lowest BCUT2D eigenvalue weighted by Crippen LogP contribution is -2.39. The Morgan fingerprint density at radius 2 is 1.89 bits per heavy atom. The van der Waals surface area contributed by atoms with E-state index in [1.165, 1.54) is 25.0 Å². The molecule has 2 N–H and O–H groups in total. The van der Waals surface area contributed by atoms with Gasteiger partial charge in [-0.05, 0) is 75.7 Å². The minimum atomic E-state index is -3.45. The minimum Gasteiger partial charge on any atom is -0.373 e. The van der Waals surface area contributed by atoms with Gasteiger partial charge in [0.25, 0.3) is 0 Å². The summed E-state index contributed by atoms with van der Waals surface area (Å²) >= 11 is 0. The first-order valence-corrected chi connectivity index (χ1v) is 11.7. The number of anilines is 1. The molecule has 0 spiro atoms. The van der Waals surface area contributed by atoms with Crippen LogP contribution < -0.4 is 10.6 Å². The monoisotopic (exact) mass is 396 g/mol. The van der Waals surface area contributed by atoms with Gasteiger partial charge in [-0.15, -0.1) is 0 Å². The molecule has 150 valence electrons. The van der Waals surface area contributed by atoms with Gasteiger partial charge in [0.2, 0.25) is 0 Å². The molecule has 0 amide bonds. The number of hydrogen-bond acceptors (Lipinski definition) is 5. The average molecular weight is 397 g/mol. The summed E-state index contributed by atoms with van der Waals surface area (Å²) < 4.78 is 37.4. The molecule has 1 aromatic rings. The second-order valence-electron chi connectivity index (χ2n) is 7.91. The maximum atomic E-state index is 14.3. The van der Waals surface area contributed by atoms with E-state index < -0.39 is 21.7 Å². The van der Waals surface area contributed by atoms with E-state index in [0.717, 1.165) is 51.1 Å². The van der Waals surface area contributed by atoms with E-state index >= 15 is 0 Å². The summed E-state index contributed by atoms with van der Waals surface area (Å²) in [5.41, 5.74) is 0.194. The summed E-state index contributed by atoms with van der Waals surface area (Å²) in [5, 5.41) is 6.38. The Morgan fingerprint density at radius 1 is 1.15 bits per heavy atom. The third kappa shape index (κ3) is 5.29. The van der Waals surface area contributed by atoms with Gasteiger partial charge in [0.1, 0.15) is 5.82 Å². The third-order valence-corrected chi connectivity index (χ3v) is 6.98. The van der Waals surface area contributed by atoms with Crippen molar-refractivity contribution in [3.05, 3.63) is 24.0 Å². The van der Waals surface area contributed by atoms with E-state index in [1.54, 1.807) is 0 Å². The molecular formula is C20H29FN2O3S. The zero-order valence-electron chi connectivity index (χ0n) is 15.8. The molecule has 0 radical (unpaired) electrons. The third-order valence-electron chi connectivity index (χ3n) is 5.87. The molecular weight excluding hydrogens is 367 g/mol. The van der Waals surface area contributed by atoms with Crippen LogP contribution in [0.2, 0.25) is 0 Å². The Morgan fingerprint density at radius 3 is 2.56 bits per heavy atom. The van der Waals surface area contributed by atoms with Gasteiger partial charge in [0.15, 0.2) is 15.6 Å². The second kappa shape index (κ2) is 8.69. The highest BCUT2D eigenvalue weighted by Crippen LogP contribution is 2.30. The first kappa shape index (κ1) is 20.3. The van der Waals surface area contributed by atoms with Gasteiger partial charge in [-0.3, -0.25) is 4.79 Å². The molecule has 2 unspecified atom stereocenters. The first-order chi connectivity index (χ1) is 12.8. The van der Waals surface area contributed by atoms with Crippen molar-refractivity contribution in [3.63, 3.8) is 0 Å². The number of rotatable bonds is 6. The van der Waals surface area contributed by atoms with Gasteiger partial charge in [-0.2, -0.15) is 0 Å². The molecule has 2 fully saturated rings. The molecule has 0 bridgehead atoms. The van der Waals surface area contributed by atoms with E-state index in [2.05, 4.69) is 10.6 Å². The Balaban J connectivity index is 1.60. The molecule has 2 aliphatic rings. The lowest BCUT2D eigenvalue weighted by atomic mass is 9.79. The lowest BCUT2D eigenvalue weighted by molar-refractivity contribution is -0.125. The second-order valence-corrected chi connectivity index (χ2v) is 9.93. The molecule has 1 saturated heterocycles. The Bertz CT molecular complexity index is 775. The van der Waals surface area contributed by atoms with E-state index in [4.69, 9.17) is 0 Å². The van der Waals surface area contributed by atoms with Gasteiger partial charge < -0.3 is 10.6 Å². The summed E-state index contributed by atoms with van der Waals surface area (Å²) in [4.78, 5) is 12.8. The molecule has 1 aromatic carbocycles. The Labute approximate surface area is 161 Å². The minimum absolute atomic E-state index is 0.0458. The average Bonchev–Trinajstić information content (AvgIpc) is 2.64. The highest BCUT2D eigenvalue weighted by molar-refractivity contribution is 7.90. The number of Topliss-reactive ketones (excluding diaryl/α,β-unsaturated/α-hetero) is 1. The summed E-state index contributed by atoms with van der Waals surface area (Å²) in [6.07, 6.45) is 7.96. The van der Waals surface area contributed by atoms with Crippen molar-refractivity contribution in [3.8, 4) is 0 Å². The molecule has 5 nitrogen and oxygen atoms in total. The predicted molar refractivity (Wildman–Crippen MR) is 104 cm³/mol. The van der Waals surface area contributed by atoms with Crippen molar-refractivity contribution in [2.24, 2.45) is 11.8 Å². The zero-order valence-corrected chi connectivity index (χ0v) is 16.7. The quantitative estimate of drug-likeness (QED) is 0.773. The Kier molecular flexibility index (Phi) is 6.52. The van der Waals surface area contributed by atoms with E-state index in [1.807, 2.05) is 0 Å². The predicted octanol–water partition coefficient (Wildman–Crippen LogP) is 3.16. The van der Waals surface area contributed by atoms with Crippen LogP contribution in [0.1, 0.15) is 44.9 Å². The topological polar surface area (TPSA) is 75.3 Å². The molecule has 1 aliphatic heterocycles. The summed E-state index contributed by atoms with van der Waals surface area (Å²) in [7, 11) is -3.45. The smallest absolute Gasteiger partial charge is 0.175 e. The number of halogens is 1.